The molecular weight excluding hydrogens is 297 g/mol. The Labute approximate surface area is 126 Å². The van der Waals surface area contributed by atoms with Crippen molar-refractivity contribution in [1.82, 2.24) is 14.9 Å². The molecule has 0 atom stereocenters. The van der Waals surface area contributed by atoms with Gasteiger partial charge in [-0.1, -0.05) is 29.3 Å². The fraction of sp³-hybridized carbons (Fsp3) is 0.214. The molecule has 0 saturated carbocycles. The number of pyridine rings is 2. The van der Waals surface area contributed by atoms with Gasteiger partial charge in [-0.2, -0.15) is 0 Å². The van der Waals surface area contributed by atoms with Crippen molar-refractivity contribution >= 4 is 29.1 Å². The molecule has 0 fully saturated rings. The van der Waals surface area contributed by atoms with Crippen molar-refractivity contribution in [3.05, 3.63) is 57.6 Å². The van der Waals surface area contributed by atoms with Crippen LogP contribution in [0.25, 0.3) is 0 Å². The van der Waals surface area contributed by atoms with E-state index in [9.17, 15) is 4.79 Å². The molecule has 1 amide bonds. The van der Waals surface area contributed by atoms with E-state index < -0.39 is 0 Å². The van der Waals surface area contributed by atoms with Crippen molar-refractivity contribution in [2.75, 3.05) is 6.54 Å². The lowest BCUT2D eigenvalue weighted by Gasteiger charge is -2.28. The van der Waals surface area contributed by atoms with Crippen molar-refractivity contribution in [1.29, 1.82) is 0 Å². The first kappa shape index (κ1) is 13.3. The van der Waals surface area contributed by atoms with Crippen molar-refractivity contribution < 1.29 is 4.79 Å². The van der Waals surface area contributed by atoms with Gasteiger partial charge in [-0.15, -0.1) is 0 Å². The Hall–Kier alpha value is -1.65. The molecule has 3 rings (SSSR count). The van der Waals surface area contributed by atoms with Crippen LogP contribution in [0.15, 0.2) is 30.6 Å². The molecule has 0 aliphatic carbocycles. The fourth-order valence-electron chi connectivity index (χ4n) is 2.29. The van der Waals surface area contributed by atoms with E-state index in [1.165, 1.54) is 12.3 Å². The third-order valence-corrected chi connectivity index (χ3v) is 3.81. The van der Waals surface area contributed by atoms with Gasteiger partial charge in [-0.25, -0.2) is 4.98 Å². The molecule has 1 aliphatic heterocycles. The van der Waals surface area contributed by atoms with Gasteiger partial charge in [-0.3, -0.25) is 9.78 Å². The maximum Gasteiger partial charge on any atom is 0.255 e. The number of nitrogens with zero attached hydrogens (tertiary/aromatic N) is 3. The predicted molar refractivity (Wildman–Crippen MR) is 76.9 cm³/mol. The van der Waals surface area contributed by atoms with Crippen LogP contribution in [0, 0.1) is 0 Å². The lowest BCUT2D eigenvalue weighted by molar-refractivity contribution is 0.0733. The molecule has 3 heterocycles. The van der Waals surface area contributed by atoms with Crippen LogP contribution in [0.5, 0.6) is 0 Å². The molecular formula is C14H11Cl2N3O. The largest absolute Gasteiger partial charge is 0.334 e. The summed E-state index contributed by atoms with van der Waals surface area (Å²) in [6, 6.07) is 5.37. The van der Waals surface area contributed by atoms with E-state index in [1.54, 1.807) is 11.1 Å². The molecule has 2 aromatic heterocycles. The zero-order valence-corrected chi connectivity index (χ0v) is 12.0. The van der Waals surface area contributed by atoms with E-state index in [-0.39, 0.29) is 11.1 Å². The Morgan fingerprint density at radius 3 is 3.00 bits per heavy atom. The normalized spacial score (nSPS) is 14.0. The third-order valence-electron chi connectivity index (χ3n) is 3.30. The molecule has 20 heavy (non-hydrogen) atoms. The second-order valence-corrected chi connectivity index (χ2v) is 5.37. The molecule has 0 radical (unpaired) electrons. The highest BCUT2D eigenvalue weighted by molar-refractivity contribution is 6.35. The molecule has 0 spiro atoms. The number of rotatable bonds is 1. The summed E-state index contributed by atoms with van der Waals surface area (Å²) in [6.07, 6.45) is 3.92. The van der Waals surface area contributed by atoms with E-state index in [0.717, 1.165) is 17.7 Å². The number of carbonyl (C=O) groups excluding carboxylic acids is 1. The second-order valence-electron chi connectivity index (χ2n) is 4.57. The fourth-order valence-corrected chi connectivity index (χ4v) is 2.63. The molecule has 0 saturated heterocycles. The first-order chi connectivity index (χ1) is 9.65. The van der Waals surface area contributed by atoms with Crippen LogP contribution >= 0.6 is 23.2 Å². The van der Waals surface area contributed by atoms with Crippen molar-refractivity contribution in [3.8, 4) is 0 Å². The van der Waals surface area contributed by atoms with Gasteiger partial charge in [0.25, 0.3) is 5.91 Å². The van der Waals surface area contributed by atoms with E-state index in [2.05, 4.69) is 9.97 Å². The summed E-state index contributed by atoms with van der Waals surface area (Å²) in [5.41, 5.74) is 2.51. The SMILES string of the molecule is O=C(c1cc(Cl)ncc1Cl)N1CCc2ncccc2C1. The lowest BCUT2D eigenvalue weighted by Crippen LogP contribution is -2.36. The van der Waals surface area contributed by atoms with Crippen LogP contribution < -0.4 is 0 Å². The minimum Gasteiger partial charge on any atom is -0.334 e. The first-order valence-corrected chi connectivity index (χ1v) is 6.94. The molecule has 0 bridgehead atoms. The van der Waals surface area contributed by atoms with E-state index >= 15 is 0 Å². The predicted octanol–water partition coefficient (Wildman–Crippen LogP) is 2.98. The molecule has 0 N–H and O–H groups in total. The number of hydrogen-bond acceptors (Lipinski definition) is 3. The van der Waals surface area contributed by atoms with Crippen LogP contribution in [0.3, 0.4) is 0 Å². The average Bonchev–Trinajstić information content (AvgIpc) is 2.48. The number of halogens is 2. The minimum absolute atomic E-state index is 0.131. The lowest BCUT2D eigenvalue weighted by atomic mass is 10.0. The number of aromatic nitrogens is 2. The molecule has 0 aromatic carbocycles. The molecule has 2 aromatic rings. The highest BCUT2D eigenvalue weighted by Crippen LogP contribution is 2.23. The Bertz CT molecular complexity index is 675. The van der Waals surface area contributed by atoms with Crippen LogP contribution in [-0.4, -0.2) is 27.3 Å². The second kappa shape index (κ2) is 5.38. The Kier molecular flexibility index (Phi) is 3.59. The Balaban J connectivity index is 1.88. The van der Waals surface area contributed by atoms with Gasteiger partial charge in [0.1, 0.15) is 5.15 Å². The molecule has 6 heteroatoms. The van der Waals surface area contributed by atoms with Crippen molar-refractivity contribution in [2.45, 2.75) is 13.0 Å². The highest BCUT2D eigenvalue weighted by Gasteiger charge is 2.24. The van der Waals surface area contributed by atoms with Gasteiger partial charge in [0.2, 0.25) is 0 Å². The van der Waals surface area contributed by atoms with Crippen LogP contribution in [0.1, 0.15) is 21.6 Å². The third kappa shape index (κ3) is 2.49. The summed E-state index contributed by atoms with van der Waals surface area (Å²) in [5, 5.41) is 0.577. The van der Waals surface area contributed by atoms with Gasteiger partial charge < -0.3 is 4.90 Å². The quantitative estimate of drug-likeness (QED) is 0.761. The molecule has 102 valence electrons. The minimum atomic E-state index is -0.131. The topological polar surface area (TPSA) is 46.1 Å². The molecule has 0 unspecified atom stereocenters. The first-order valence-electron chi connectivity index (χ1n) is 6.18. The van der Waals surface area contributed by atoms with Crippen molar-refractivity contribution in [3.63, 3.8) is 0 Å². The van der Waals surface area contributed by atoms with E-state index in [1.807, 2.05) is 12.1 Å². The van der Waals surface area contributed by atoms with Gasteiger partial charge in [0, 0.05) is 37.6 Å². The maximum atomic E-state index is 12.5. The number of hydrogen-bond donors (Lipinski definition) is 0. The average molecular weight is 308 g/mol. The molecule has 4 nitrogen and oxygen atoms in total. The summed E-state index contributed by atoms with van der Waals surface area (Å²) >= 11 is 11.9. The maximum absolute atomic E-state index is 12.5. The van der Waals surface area contributed by atoms with E-state index in [0.29, 0.717) is 23.7 Å². The number of amides is 1. The van der Waals surface area contributed by atoms with Gasteiger partial charge >= 0.3 is 0 Å². The Morgan fingerprint density at radius 1 is 1.30 bits per heavy atom. The standard InChI is InChI=1S/C14H11Cl2N3O/c15-11-7-18-13(16)6-10(11)14(20)19-5-3-12-9(8-19)2-1-4-17-12/h1-2,4,6-7H,3,5,8H2. The molecule has 1 aliphatic rings. The summed E-state index contributed by atoms with van der Waals surface area (Å²) in [7, 11) is 0. The summed E-state index contributed by atoms with van der Waals surface area (Å²) in [6.45, 7) is 1.16. The number of carbonyl (C=O) groups is 1. The summed E-state index contributed by atoms with van der Waals surface area (Å²) in [5.74, 6) is -0.131. The van der Waals surface area contributed by atoms with E-state index in [4.69, 9.17) is 23.2 Å². The highest BCUT2D eigenvalue weighted by atomic mass is 35.5. The van der Waals surface area contributed by atoms with Gasteiger partial charge in [0.15, 0.2) is 0 Å². The monoisotopic (exact) mass is 307 g/mol. The zero-order chi connectivity index (χ0) is 14.1. The smallest absolute Gasteiger partial charge is 0.255 e. The van der Waals surface area contributed by atoms with Crippen LogP contribution in [0.2, 0.25) is 10.2 Å². The van der Waals surface area contributed by atoms with Gasteiger partial charge in [0.05, 0.1) is 10.6 Å². The summed E-state index contributed by atoms with van der Waals surface area (Å²) in [4.78, 5) is 22.4. The van der Waals surface area contributed by atoms with Crippen LogP contribution in [-0.2, 0) is 13.0 Å². The van der Waals surface area contributed by atoms with Crippen LogP contribution in [0.4, 0.5) is 0 Å². The summed E-state index contributed by atoms with van der Waals surface area (Å²) < 4.78 is 0. The number of fused-ring (bicyclic) bond motifs is 1. The van der Waals surface area contributed by atoms with Gasteiger partial charge in [-0.05, 0) is 17.7 Å². The van der Waals surface area contributed by atoms with Crippen molar-refractivity contribution in [2.24, 2.45) is 0 Å². The zero-order valence-electron chi connectivity index (χ0n) is 10.5. The Morgan fingerprint density at radius 2 is 2.15 bits per heavy atom.